The number of benzene rings is 1. The largest absolute Gasteiger partial charge is 0.506 e. The summed E-state index contributed by atoms with van der Waals surface area (Å²) in [6.07, 6.45) is 0. The van der Waals surface area contributed by atoms with Crippen LogP contribution in [0.5, 0.6) is 5.75 Å². The van der Waals surface area contributed by atoms with Gasteiger partial charge in [-0.25, -0.2) is 0 Å². The van der Waals surface area contributed by atoms with Gasteiger partial charge in [-0.2, -0.15) is 0 Å². The van der Waals surface area contributed by atoms with Crippen LogP contribution in [0.25, 0.3) is 0 Å². The minimum atomic E-state index is -0.442. The van der Waals surface area contributed by atoms with Crippen molar-refractivity contribution in [1.29, 1.82) is 0 Å². The Bertz CT molecular complexity index is 281. The number of rotatable bonds is 2. The minimum Gasteiger partial charge on any atom is -0.506 e. The number of nitrogens with two attached hydrogens (primary N) is 1. The molecule has 4 N–H and O–H groups in total. The monoisotopic (exact) mass is 223 g/mol. The summed E-state index contributed by atoms with van der Waals surface area (Å²) in [4.78, 5) is 0. The molecule has 5 heteroatoms. The van der Waals surface area contributed by atoms with Crippen molar-refractivity contribution in [3.05, 3.63) is 28.8 Å². The first-order valence-corrected chi connectivity index (χ1v) is 3.88. The number of hydrogen-bond donors (Lipinski definition) is 3. The van der Waals surface area contributed by atoms with Gasteiger partial charge >= 0.3 is 0 Å². The Balaban J connectivity index is 0.00000144. The zero-order valence-corrected chi connectivity index (χ0v) is 8.35. The molecule has 0 saturated carbocycles. The summed E-state index contributed by atoms with van der Waals surface area (Å²) in [5, 5.41) is 18.0. The smallest absolute Gasteiger partial charge is 0.134 e. The number of aliphatic hydroxyl groups is 1. The van der Waals surface area contributed by atoms with Crippen LogP contribution < -0.4 is 5.73 Å². The molecule has 0 unspecified atom stereocenters. The van der Waals surface area contributed by atoms with Crippen LogP contribution >= 0.6 is 24.0 Å². The molecule has 1 aromatic rings. The van der Waals surface area contributed by atoms with Crippen LogP contribution in [-0.2, 0) is 0 Å². The summed E-state index contributed by atoms with van der Waals surface area (Å²) in [6, 6.07) is 4.18. The van der Waals surface area contributed by atoms with Gasteiger partial charge in [0.25, 0.3) is 0 Å². The van der Waals surface area contributed by atoms with Gasteiger partial charge < -0.3 is 15.9 Å². The van der Waals surface area contributed by atoms with Crippen LogP contribution in [0.2, 0.25) is 5.02 Å². The summed E-state index contributed by atoms with van der Waals surface area (Å²) in [5.41, 5.74) is 6.23. The summed E-state index contributed by atoms with van der Waals surface area (Å²) >= 11 is 5.63. The second-order valence-corrected chi connectivity index (χ2v) is 2.91. The van der Waals surface area contributed by atoms with Crippen molar-refractivity contribution in [3.8, 4) is 5.75 Å². The molecule has 0 radical (unpaired) electrons. The second-order valence-electron chi connectivity index (χ2n) is 2.50. The van der Waals surface area contributed by atoms with Gasteiger partial charge in [0.05, 0.1) is 17.7 Å². The van der Waals surface area contributed by atoms with Gasteiger partial charge in [0.2, 0.25) is 0 Å². The van der Waals surface area contributed by atoms with E-state index in [1.165, 1.54) is 12.1 Å². The maximum absolute atomic E-state index is 9.06. The maximum Gasteiger partial charge on any atom is 0.134 e. The molecular formula is C8H11Cl2NO2. The van der Waals surface area contributed by atoms with E-state index in [0.717, 1.165) is 0 Å². The SMILES string of the molecule is Cl.N[C@@H](CO)c1ccc(O)c(Cl)c1. The molecular weight excluding hydrogens is 213 g/mol. The Morgan fingerprint density at radius 2 is 2.08 bits per heavy atom. The van der Waals surface area contributed by atoms with E-state index in [-0.39, 0.29) is 29.8 Å². The number of hydrogen-bond acceptors (Lipinski definition) is 3. The molecule has 3 nitrogen and oxygen atoms in total. The maximum atomic E-state index is 9.06. The van der Waals surface area contributed by atoms with Gasteiger partial charge in [0.1, 0.15) is 5.75 Å². The molecule has 0 fully saturated rings. The second kappa shape index (κ2) is 5.29. The molecule has 0 heterocycles. The van der Waals surface area contributed by atoms with Gasteiger partial charge in [0.15, 0.2) is 0 Å². The highest BCUT2D eigenvalue weighted by atomic mass is 35.5. The van der Waals surface area contributed by atoms with E-state index in [1.54, 1.807) is 6.07 Å². The van der Waals surface area contributed by atoms with Gasteiger partial charge in [-0.3, -0.25) is 0 Å². The molecule has 0 aliphatic heterocycles. The normalized spacial score (nSPS) is 11.9. The zero-order chi connectivity index (χ0) is 9.14. The lowest BCUT2D eigenvalue weighted by molar-refractivity contribution is 0.268. The van der Waals surface area contributed by atoms with Crippen LogP contribution in [-0.4, -0.2) is 16.8 Å². The third kappa shape index (κ3) is 3.04. The summed E-state index contributed by atoms with van der Waals surface area (Å²) < 4.78 is 0. The average molecular weight is 224 g/mol. The number of aromatic hydroxyl groups is 1. The van der Waals surface area contributed by atoms with Crippen molar-refractivity contribution in [2.45, 2.75) is 6.04 Å². The van der Waals surface area contributed by atoms with Gasteiger partial charge in [0, 0.05) is 0 Å². The fourth-order valence-electron chi connectivity index (χ4n) is 0.859. The minimum absolute atomic E-state index is 0. The standard InChI is InChI=1S/C8H10ClNO2.ClH/c9-6-3-5(7(10)4-11)1-2-8(6)12;/h1-3,7,11-12H,4,10H2;1H/t7-;/m0./s1. The molecule has 0 aromatic heterocycles. The molecule has 0 saturated heterocycles. The predicted octanol–water partition coefficient (Wildman–Crippen LogP) is 1.46. The molecule has 1 rings (SSSR count). The molecule has 1 atom stereocenters. The van der Waals surface area contributed by atoms with Crippen LogP contribution in [0.15, 0.2) is 18.2 Å². The molecule has 1 aromatic carbocycles. The van der Waals surface area contributed by atoms with E-state index >= 15 is 0 Å². The summed E-state index contributed by atoms with van der Waals surface area (Å²) in [5.74, 6) is 0.0190. The van der Waals surface area contributed by atoms with Crippen molar-refractivity contribution in [1.82, 2.24) is 0 Å². The van der Waals surface area contributed by atoms with Crippen molar-refractivity contribution in [2.24, 2.45) is 5.73 Å². The van der Waals surface area contributed by atoms with Crippen molar-refractivity contribution >= 4 is 24.0 Å². The number of aliphatic hydroxyl groups excluding tert-OH is 1. The predicted molar refractivity (Wildman–Crippen MR) is 54.4 cm³/mol. The highest BCUT2D eigenvalue weighted by molar-refractivity contribution is 6.32. The number of halogens is 2. The van der Waals surface area contributed by atoms with Crippen LogP contribution in [0, 0.1) is 0 Å². The van der Waals surface area contributed by atoms with Gasteiger partial charge in [-0.15, -0.1) is 12.4 Å². The zero-order valence-electron chi connectivity index (χ0n) is 6.77. The quantitative estimate of drug-likeness (QED) is 0.712. The van der Waals surface area contributed by atoms with Crippen LogP contribution in [0.4, 0.5) is 0 Å². The molecule has 0 bridgehead atoms. The lowest BCUT2D eigenvalue weighted by atomic mass is 10.1. The van der Waals surface area contributed by atoms with Crippen LogP contribution in [0.1, 0.15) is 11.6 Å². The first-order valence-electron chi connectivity index (χ1n) is 3.50. The van der Waals surface area contributed by atoms with E-state index in [0.29, 0.717) is 5.56 Å². The fraction of sp³-hybridized carbons (Fsp3) is 0.250. The third-order valence-electron chi connectivity index (χ3n) is 1.60. The Labute approximate surface area is 87.5 Å². The highest BCUT2D eigenvalue weighted by Crippen LogP contribution is 2.25. The molecule has 13 heavy (non-hydrogen) atoms. The van der Waals surface area contributed by atoms with E-state index in [2.05, 4.69) is 0 Å². The van der Waals surface area contributed by atoms with Gasteiger partial charge in [-0.05, 0) is 17.7 Å². The van der Waals surface area contributed by atoms with E-state index in [1.807, 2.05) is 0 Å². The Morgan fingerprint density at radius 3 is 2.54 bits per heavy atom. The molecule has 0 aliphatic carbocycles. The molecule has 74 valence electrons. The molecule has 0 aliphatic rings. The van der Waals surface area contributed by atoms with Crippen molar-refractivity contribution in [3.63, 3.8) is 0 Å². The van der Waals surface area contributed by atoms with Crippen molar-refractivity contribution < 1.29 is 10.2 Å². The average Bonchev–Trinajstić information content (AvgIpc) is 2.08. The molecule has 0 spiro atoms. The van der Waals surface area contributed by atoms with E-state index in [9.17, 15) is 0 Å². The van der Waals surface area contributed by atoms with Crippen LogP contribution in [0.3, 0.4) is 0 Å². The number of phenolic OH excluding ortho intramolecular Hbond substituents is 1. The van der Waals surface area contributed by atoms with E-state index in [4.69, 9.17) is 27.5 Å². The number of phenols is 1. The summed E-state index contributed by atoms with van der Waals surface area (Å²) in [7, 11) is 0. The Hall–Kier alpha value is -0.480. The first kappa shape index (κ1) is 12.5. The Kier molecular flexibility index (Phi) is 5.10. The van der Waals surface area contributed by atoms with Gasteiger partial charge in [-0.1, -0.05) is 17.7 Å². The third-order valence-corrected chi connectivity index (χ3v) is 1.90. The Morgan fingerprint density at radius 1 is 1.46 bits per heavy atom. The highest BCUT2D eigenvalue weighted by Gasteiger charge is 2.06. The topological polar surface area (TPSA) is 66.5 Å². The van der Waals surface area contributed by atoms with Crippen molar-refractivity contribution in [2.75, 3.05) is 6.61 Å². The fourth-order valence-corrected chi connectivity index (χ4v) is 1.05. The summed E-state index contributed by atoms with van der Waals surface area (Å²) in [6.45, 7) is -0.138. The van der Waals surface area contributed by atoms with E-state index < -0.39 is 6.04 Å². The molecule has 0 amide bonds. The lowest BCUT2D eigenvalue weighted by Gasteiger charge is -2.08. The first-order chi connectivity index (χ1) is 5.65. The lowest BCUT2D eigenvalue weighted by Crippen LogP contribution is -2.14.